The fraction of sp³-hybridized carbons (Fsp3) is 0.462. The molecule has 102 valence electrons. The molecule has 0 radical (unpaired) electrons. The summed E-state index contributed by atoms with van der Waals surface area (Å²) in [5.74, 6) is 1.80. The monoisotopic (exact) mass is 261 g/mol. The average molecular weight is 261 g/mol. The van der Waals surface area contributed by atoms with Crippen LogP contribution in [0.25, 0.3) is 0 Å². The summed E-state index contributed by atoms with van der Waals surface area (Å²) >= 11 is 0. The SMILES string of the molecule is Cc1nccn1C(C)C(=O)NCCc1nccn1C. The molecule has 2 rings (SSSR count). The summed E-state index contributed by atoms with van der Waals surface area (Å²) in [5.41, 5.74) is 0. The zero-order valence-corrected chi connectivity index (χ0v) is 11.5. The van der Waals surface area contributed by atoms with Crippen molar-refractivity contribution in [3.63, 3.8) is 0 Å². The molecule has 0 aromatic carbocycles. The molecule has 2 heterocycles. The largest absolute Gasteiger partial charge is 0.354 e. The van der Waals surface area contributed by atoms with Gasteiger partial charge in [-0.15, -0.1) is 0 Å². The van der Waals surface area contributed by atoms with Crippen molar-refractivity contribution in [1.29, 1.82) is 0 Å². The lowest BCUT2D eigenvalue weighted by Crippen LogP contribution is -2.33. The molecule has 0 aliphatic rings. The number of imidazole rings is 2. The zero-order valence-electron chi connectivity index (χ0n) is 11.5. The molecule has 0 fully saturated rings. The van der Waals surface area contributed by atoms with E-state index in [0.29, 0.717) is 6.54 Å². The van der Waals surface area contributed by atoms with E-state index in [-0.39, 0.29) is 11.9 Å². The minimum absolute atomic E-state index is 0.00434. The predicted molar refractivity (Wildman–Crippen MR) is 71.6 cm³/mol. The third-order valence-corrected chi connectivity index (χ3v) is 3.23. The average Bonchev–Trinajstić information content (AvgIpc) is 2.98. The summed E-state index contributed by atoms with van der Waals surface area (Å²) in [6, 6.07) is -0.246. The molecule has 0 aliphatic carbocycles. The number of nitrogens with zero attached hydrogens (tertiary/aromatic N) is 4. The van der Waals surface area contributed by atoms with Crippen LogP contribution in [-0.4, -0.2) is 31.6 Å². The Morgan fingerprint density at radius 1 is 1.37 bits per heavy atom. The van der Waals surface area contributed by atoms with E-state index in [1.807, 2.05) is 42.4 Å². The number of hydrogen-bond acceptors (Lipinski definition) is 3. The Labute approximate surface area is 112 Å². The molecule has 1 unspecified atom stereocenters. The molecule has 2 aromatic heterocycles. The van der Waals surface area contributed by atoms with E-state index in [2.05, 4.69) is 15.3 Å². The van der Waals surface area contributed by atoms with Gasteiger partial charge < -0.3 is 14.5 Å². The van der Waals surface area contributed by atoms with Crippen LogP contribution in [0.5, 0.6) is 0 Å². The Balaban J connectivity index is 1.85. The van der Waals surface area contributed by atoms with Crippen molar-refractivity contribution in [2.24, 2.45) is 7.05 Å². The first-order valence-electron chi connectivity index (χ1n) is 6.33. The lowest BCUT2D eigenvalue weighted by atomic mass is 10.3. The molecule has 1 N–H and O–H groups in total. The first kappa shape index (κ1) is 13.3. The maximum atomic E-state index is 12.0. The molecular weight excluding hydrogens is 242 g/mol. The number of aromatic nitrogens is 4. The van der Waals surface area contributed by atoms with Crippen molar-refractivity contribution < 1.29 is 4.79 Å². The van der Waals surface area contributed by atoms with Gasteiger partial charge in [0.15, 0.2) is 0 Å². The molecule has 6 heteroatoms. The first-order valence-corrected chi connectivity index (χ1v) is 6.33. The lowest BCUT2D eigenvalue weighted by Gasteiger charge is -2.15. The number of carbonyl (C=O) groups is 1. The van der Waals surface area contributed by atoms with Crippen LogP contribution in [0, 0.1) is 6.92 Å². The van der Waals surface area contributed by atoms with Gasteiger partial charge in [0.1, 0.15) is 17.7 Å². The van der Waals surface area contributed by atoms with Crippen molar-refractivity contribution in [2.45, 2.75) is 26.3 Å². The van der Waals surface area contributed by atoms with Crippen LogP contribution < -0.4 is 5.32 Å². The fourth-order valence-electron chi connectivity index (χ4n) is 2.01. The number of amides is 1. The third-order valence-electron chi connectivity index (χ3n) is 3.23. The number of rotatable bonds is 5. The normalized spacial score (nSPS) is 12.4. The van der Waals surface area contributed by atoms with E-state index in [9.17, 15) is 4.79 Å². The van der Waals surface area contributed by atoms with E-state index in [1.165, 1.54) is 0 Å². The Bertz CT molecular complexity index is 557. The van der Waals surface area contributed by atoms with Crippen LogP contribution in [0.1, 0.15) is 24.6 Å². The summed E-state index contributed by atoms with van der Waals surface area (Å²) < 4.78 is 3.81. The van der Waals surface area contributed by atoms with Gasteiger partial charge in [-0.1, -0.05) is 0 Å². The maximum Gasteiger partial charge on any atom is 0.242 e. The lowest BCUT2D eigenvalue weighted by molar-refractivity contribution is -0.123. The Morgan fingerprint density at radius 3 is 2.68 bits per heavy atom. The van der Waals surface area contributed by atoms with E-state index in [4.69, 9.17) is 0 Å². The molecule has 0 bridgehead atoms. The summed E-state index contributed by atoms with van der Waals surface area (Å²) in [4.78, 5) is 20.4. The van der Waals surface area contributed by atoms with Crippen molar-refractivity contribution in [2.75, 3.05) is 6.54 Å². The summed E-state index contributed by atoms with van der Waals surface area (Å²) in [7, 11) is 1.95. The van der Waals surface area contributed by atoms with Crippen molar-refractivity contribution in [1.82, 2.24) is 24.4 Å². The standard InChI is InChI=1S/C13H19N5O/c1-10(18-9-7-14-11(18)2)13(19)16-5-4-12-15-6-8-17(12)3/h6-10H,4-5H2,1-3H3,(H,16,19). The van der Waals surface area contributed by atoms with Gasteiger partial charge >= 0.3 is 0 Å². The third kappa shape index (κ3) is 3.01. The molecule has 0 saturated carbocycles. The Hall–Kier alpha value is -2.11. The number of aryl methyl sites for hydroxylation is 2. The van der Waals surface area contributed by atoms with Crippen LogP contribution in [0.3, 0.4) is 0 Å². The Morgan fingerprint density at radius 2 is 2.11 bits per heavy atom. The van der Waals surface area contributed by atoms with Gasteiger partial charge in [-0.25, -0.2) is 9.97 Å². The van der Waals surface area contributed by atoms with Crippen LogP contribution in [0.2, 0.25) is 0 Å². The van der Waals surface area contributed by atoms with E-state index < -0.39 is 0 Å². The highest BCUT2D eigenvalue weighted by Crippen LogP contribution is 2.08. The molecular formula is C13H19N5O. The molecule has 1 amide bonds. The van der Waals surface area contributed by atoms with Crippen LogP contribution in [0.4, 0.5) is 0 Å². The quantitative estimate of drug-likeness (QED) is 0.867. The topological polar surface area (TPSA) is 64.7 Å². The van der Waals surface area contributed by atoms with Crippen molar-refractivity contribution in [3.8, 4) is 0 Å². The molecule has 0 spiro atoms. The van der Waals surface area contributed by atoms with Crippen LogP contribution in [-0.2, 0) is 18.3 Å². The minimum Gasteiger partial charge on any atom is -0.354 e. The molecule has 2 aromatic rings. The van der Waals surface area contributed by atoms with Crippen molar-refractivity contribution >= 4 is 5.91 Å². The van der Waals surface area contributed by atoms with Gasteiger partial charge in [-0.2, -0.15) is 0 Å². The smallest absolute Gasteiger partial charge is 0.242 e. The maximum absolute atomic E-state index is 12.0. The molecule has 6 nitrogen and oxygen atoms in total. The summed E-state index contributed by atoms with van der Waals surface area (Å²) in [6.45, 7) is 4.34. The van der Waals surface area contributed by atoms with Crippen LogP contribution >= 0.6 is 0 Å². The van der Waals surface area contributed by atoms with E-state index in [0.717, 1.165) is 18.1 Å². The second kappa shape index (κ2) is 5.69. The first-order chi connectivity index (χ1) is 9.09. The number of nitrogens with one attached hydrogen (secondary N) is 1. The van der Waals surface area contributed by atoms with E-state index >= 15 is 0 Å². The fourth-order valence-corrected chi connectivity index (χ4v) is 2.01. The van der Waals surface area contributed by atoms with Gasteiger partial charge in [-0.05, 0) is 13.8 Å². The van der Waals surface area contributed by atoms with Crippen molar-refractivity contribution in [3.05, 3.63) is 36.4 Å². The summed E-state index contributed by atoms with van der Waals surface area (Å²) in [6.07, 6.45) is 7.90. The molecule has 1 atom stereocenters. The second-order valence-corrected chi connectivity index (χ2v) is 4.55. The highest BCUT2D eigenvalue weighted by Gasteiger charge is 2.15. The van der Waals surface area contributed by atoms with Gasteiger partial charge in [-0.3, -0.25) is 4.79 Å². The predicted octanol–water partition coefficient (Wildman–Crippen LogP) is 0.845. The minimum atomic E-state index is -0.246. The Kier molecular flexibility index (Phi) is 3.99. The zero-order chi connectivity index (χ0) is 13.8. The number of carbonyl (C=O) groups excluding carboxylic acids is 1. The van der Waals surface area contributed by atoms with Gasteiger partial charge in [0.05, 0.1) is 0 Å². The summed E-state index contributed by atoms with van der Waals surface area (Å²) in [5, 5.41) is 2.92. The van der Waals surface area contributed by atoms with Crippen LogP contribution in [0.15, 0.2) is 24.8 Å². The van der Waals surface area contributed by atoms with Gasteiger partial charge in [0, 0.05) is 44.8 Å². The van der Waals surface area contributed by atoms with Gasteiger partial charge in [0.2, 0.25) is 5.91 Å². The molecule has 19 heavy (non-hydrogen) atoms. The van der Waals surface area contributed by atoms with Gasteiger partial charge in [0.25, 0.3) is 0 Å². The highest BCUT2D eigenvalue weighted by molar-refractivity contribution is 5.79. The van der Waals surface area contributed by atoms with E-state index in [1.54, 1.807) is 12.4 Å². The number of hydrogen-bond donors (Lipinski definition) is 1. The molecule has 0 aliphatic heterocycles. The highest BCUT2D eigenvalue weighted by atomic mass is 16.2. The second-order valence-electron chi connectivity index (χ2n) is 4.55. The molecule has 0 saturated heterocycles.